The summed E-state index contributed by atoms with van der Waals surface area (Å²) < 4.78 is 16.0. The van der Waals surface area contributed by atoms with Crippen LogP contribution in [0.3, 0.4) is 0 Å². The van der Waals surface area contributed by atoms with Crippen LogP contribution in [0.2, 0.25) is 0 Å². The van der Waals surface area contributed by atoms with Crippen LogP contribution in [0, 0.1) is 0 Å². The molecule has 1 saturated heterocycles. The summed E-state index contributed by atoms with van der Waals surface area (Å²) in [6.45, 7) is 2.23. The summed E-state index contributed by atoms with van der Waals surface area (Å²) in [7, 11) is 0. The highest BCUT2D eigenvalue weighted by Crippen LogP contribution is 2.21. The largest absolute Gasteiger partial charge is 0.457 e. The third kappa shape index (κ3) is 7.31. The zero-order valence-electron chi connectivity index (χ0n) is 19.6. The van der Waals surface area contributed by atoms with Crippen molar-refractivity contribution in [2.45, 2.75) is 0 Å². The average Bonchev–Trinajstić information content (AvgIpc) is 2.92. The van der Waals surface area contributed by atoms with Crippen molar-refractivity contribution < 1.29 is 28.6 Å². The lowest BCUT2D eigenvalue weighted by atomic mass is 10.2. The van der Waals surface area contributed by atoms with Crippen molar-refractivity contribution in [2.24, 2.45) is 0 Å². The number of ether oxygens (including phenoxy) is 3. The van der Waals surface area contributed by atoms with Crippen molar-refractivity contribution in [3.8, 4) is 11.5 Å². The highest BCUT2D eigenvalue weighted by Gasteiger charge is 2.13. The van der Waals surface area contributed by atoms with Crippen LogP contribution >= 0.6 is 0 Å². The molecule has 1 heterocycles. The molecule has 0 aromatic heterocycles. The first kappa shape index (κ1) is 24.7. The van der Waals surface area contributed by atoms with Gasteiger partial charge in [-0.25, -0.2) is 0 Å². The standard InChI is InChI=1S/C27H27N3O6/c31-25(29-21-8-10-22(11-9-21)30-14-16-34-17-15-30)19-35-26(32)18-28-27(33)20-6-12-24(13-7-20)36-23-4-2-1-3-5-23/h1-13H,14-19H2,(H,28,33)(H,29,31). The van der Waals surface area contributed by atoms with E-state index in [9.17, 15) is 14.4 Å². The summed E-state index contributed by atoms with van der Waals surface area (Å²) in [6.07, 6.45) is 0. The van der Waals surface area contributed by atoms with Crippen LogP contribution < -0.4 is 20.3 Å². The maximum atomic E-state index is 12.3. The molecule has 3 aromatic carbocycles. The molecule has 0 atom stereocenters. The lowest BCUT2D eigenvalue weighted by Gasteiger charge is -2.28. The van der Waals surface area contributed by atoms with Crippen LogP contribution in [0.5, 0.6) is 11.5 Å². The molecular weight excluding hydrogens is 462 g/mol. The van der Waals surface area contributed by atoms with Crippen molar-refractivity contribution in [1.29, 1.82) is 0 Å². The Balaban J connectivity index is 1.16. The number of rotatable bonds is 9. The van der Waals surface area contributed by atoms with Crippen LogP contribution in [0.25, 0.3) is 0 Å². The summed E-state index contributed by atoms with van der Waals surface area (Å²) in [5.74, 6) is -0.360. The molecule has 0 saturated carbocycles. The number of nitrogens with one attached hydrogen (secondary N) is 2. The van der Waals surface area contributed by atoms with Gasteiger partial charge < -0.3 is 29.7 Å². The monoisotopic (exact) mass is 489 g/mol. The van der Waals surface area contributed by atoms with Crippen molar-refractivity contribution in [3.05, 3.63) is 84.4 Å². The Morgan fingerprint density at radius 1 is 0.833 bits per heavy atom. The number of nitrogens with zero attached hydrogens (tertiary/aromatic N) is 1. The first-order valence-electron chi connectivity index (χ1n) is 11.6. The molecular formula is C27H27N3O6. The van der Waals surface area contributed by atoms with Crippen LogP contribution in [0.1, 0.15) is 10.4 Å². The predicted molar refractivity (Wildman–Crippen MR) is 134 cm³/mol. The van der Waals surface area contributed by atoms with Gasteiger partial charge in [0.05, 0.1) is 13.2 Å². The van der Waals surface area contributed by atoms with Crippen molar-refractivity contribution >= 4 is 29.2 Å². The van der Waals surface area contributed by atoms with E-state index in [2.05, 4.69) is 15.5 Å². The van der Waals surface area contributed by atoms with Crippen LogP contribution in [0.15, 0.2) is 78.9 Å². The molecule has 36 heavy (non-hydrogen) atoms. The van der Waals surface area contributed by atoms with E-state index in [1.807, 2.05) is 42.5 Å². The van der Waals surface area contributed by atoms with Gasteiger partial charge in [-0.2, -0.15) is 0 Å². The first-order valence-corrected chi connectivity index (χ1v) is 11.6. The summed E-state index contributed by atoms with van der Waals surface area (Å²) in [6, 6.07) is 23.2. The Kier molecular flexibility index (Phi) is 8.50. The normalized spacial score (nSPS) is 12.9. The summed E-state index contributed by atoms with van der Waals surface area (Å²) in [4.78, 5) is 38.6. The molecule has 3 aromatic rings. The fraction of sp³-hybridized carbons (Fsp3) is 0.222. The first-order chi connectivity index (χ1) is 17.6. The zero-order valence-corrected chi connectivity index (χ0v) is 19.6. The smallest absolute Gasteiger partial charge is 0.325 e. The molecule has 4 rings (SSSR count). The molecule has 1 aliphatic heterocycles. The Hall–Kier alpha value is -4.37. The second-order valence-corrected chi connectivity index (χ2v) is 7.98. The number of anilines is 2. The van der Waals surface area contributed by atoms with Crippen molar-refractivity contribution in [2.75, 3.05) is 49.7 Å². The Morgan fingerprint density at radius 2 is 1.50 bits per heavy atom. The average molecular weight is 490 g/mol. The third-order valence-corrected chi connectivity index (χ3v) is 5.38. The predicted octanol–water partition coefficient (Wildman–Crippen LogP) is 3.23. The molecule has 9 nitrogen and oxygen atoms in total. The lowest BCUT2D eigenvalue weighted by molar-refractivity contribution is -0.146. The molecule has 0 spiro atoms. The van der Waals surface area contributed by atoms with Crippen LogP contribution in [0.4, 0.5) is 11.4 Å². The van der Waals surface area contributed by atoms with Gasteiger partial charge in [0.25, 0.3) is 11.8 Å². The summed E-state index contributed by atoms with van der Waals surface area (Å²) >= 11 is 0. The quantitative estimate of drug-likeness (QED) is 0.445. The van der Waals surface area contributed by atoms with E-state index in [0.717, 1.165) is 18.8 Å². The molecule has 9 heteroatoms. The Bertz CT molecular complexity index is 1160. The van der Waals surface area contributed by atoms with Gasteiger partial charge in [-0.05, 0) is 60.7 Å². The zero-order chi connectivity index (χ0) is 25.2. The van der Waals surface area contributed by atoms with Gasteiger partial charge in [-0.1, -0.05) is 18.2 Å². The van der Waals surface area contributed by atoms with E-state index in [1.165, 1.54) is 0 Å². The van der Waals surface area contributed by atoms with Crippen molar-refractivity contribution in [1.82, 2.24) is 5.32 Å². The van der Waals surface area contributed by atoms with Crippen molar-refractivity contribution in [3.63, 3.8) is 0 Å². The number of hydrogen-bond donors (Lipinski definition) is 2. The van der Waals surface area contributed by atoms with E-state index in [0.29, 0.717) is 36.0 Å². The molecule has 1 fully saturated rings. The Labute approximate surface area is 209 Å². The minimum atomic E-state index is -0.717. The topological polar surface area (TPSA) is 106 Å². The maximum Gasteiger partial charge on any atom is 0.325 e. The number of carbonyl (C=O) groups is 3. The molecule has 0 unspecified atom stereocenters. The minimum absolute atomic E-state index is 0.359. The summed E-state index contributed by atoms with van der Waals surface area (Å²) in [5, 5.41) is 5.16. The lowest BCUT2D eigenvalue weighted by Crippen LogP contribution is -2.36. The van der Waals surface area contributed by atoms with Gasteiger partial charge in [0, 0.05) is 30.0 Å². The maximum absolute atomic E-state index is 12.3. The molecule has 1 aliphatic rings. The van der Waals surface area contributed by atoms with Gasteiger partial charge in [-0.15, -0.1) is 0 Å². The van der Waals surface area contributed by atoms with E-state index in [1.54, 1.807) is 36.4 Å². The van der Waals surface area contributed by atoms with E-state index in [4.69, 9.17) is 14.2 Å². The van der Waals surface area contributed by atoms with Crippen LogP contribution in [-0.4, -0.2) is 57.2 Å². The van der Waals surface area contributed by atoms with E-state index < -0.39 is 24.4 Å². The van der Waals surface area contributed by atoms with Crippen LogP contribution in [-0.2, 0) is 19.1 Å². The van der Waals surface area contributed by atoms with E-state index >= 15 is 0 Å². The minimum Gasteiger partial charge on any atom is -0.457 e. The summed E-state index contributed by atoms with van der Waals surface area (Å²) in [5.41, 5.74) is 2.01. The number of hydrogen-bond acceptors (Lipinski definition) is 7. The number of amides is 2. The number of benzene rings is 3. The third-order valence-electron chi connectivity index (χ3n) is 5.38. The second kappa shape index (κ2) is 12.4. The fourth-order valence-corrected chi connectivity index (χ4v) is 3.52. The molecule has 2 amide bonds. The van der Waals surface area contributed by atoms with Gasteiger partial charge in [0.15, 0.2) is 6.61 Å². The molecule has 0 aliphatic carbocycles. The molecule has 2 N–H and O–H groups in total. The van der Waals surface area contributed by atoms with Gasteiger partial charge in [-0.3, -0.25) is 14.4 Å². The second-order valence-electron chi connectivity index (χ2n) is 7.98. The van der Waals surface area contributed by atoms with Gasteiger partial charge in [0.2, 0.25) is 0 Å². The van der Waals surface area contributed by atoms with E-state index in [-0.39, 0.29) is 6.54 Å². The highest BCUT2D eigenvalue weighted by atomic mass is 16.5. The molecule has 0 bridgehead atoms. The SMILES string of the molecule is O=C(COC(=O)CNC(=O)c1ccc(Oc2ccccc2)cc1)Nc1ccc(N2CCOCC2)cc1. The molecule has 186 valence electrons. The fourth-order valence-electron chi connectivity index (χ4n) is 3.52. The Morgan fingerprint density at radius 3 is 2.19 bits per heavy atom. The number of esters is 1. The van der Waals surface area contributed by atoms with Gasteiger partial charge >= 0.3 is 5.97 Å². The number of para-hydroxylation sites is 1. The highest BCUT2D eigenvalue weighted by molar-refractivity contribution is 5.96. The number of carbonyl (C=O) groups excluding carboxylic acids is 3. The number of morpholine rings is 1. The molecule has 0 radical (unpaired) electrons. The van der Waals surface area contributed by atoms with Gasteiger partial charge in [0.1, 0.15) is 18.0 Å².